The standard InChI is InChI=1S/C22H21ClN2O4S/c1-4-28-19(26)11-22(2,3)12-24-20(27)16-10-18-15(25(16)21(24)30)9-17(29-18)13-5-7-14(23)8-6-13/h5-10H,4,11-12H2,1-3H3. The molecule has 0 saturated heterocycles. The van der Waals surface area contributed by atoms with Crippen molar-refractivity contribution >= 4 is 51.9 Å². The number of hydrogen-bond donors (Lipinski definition) is 0. The van der Waals surface area contributed by atoms with Gasteiger partial charge in [-0.15, -0.1) is 0 Å². The van der Waals surface area contributed by atoms with Crippen molar-refractivity contribution in [3.05, 3.63) is 47.1 Å². The van der Waals surface area contributed by atoms with Crippen molar-refractivity contribution in [1.82, 2.24) is 9.47 Å². The maximum absolute atomic E-state index is 13.0. The SMILES string of the molecule is CCOC(=O)CC(C)(C)CN1C(=O)c2cc3oc(-c4ccc(Cl)cc4)cc3n2C1=S. The summed E-state index contributed by atoms with van der Waals surface area (Å²) in [5.41, 5.74) is 2.19. The lowest BCUT2D eigenvalue weighted by Gasteiger charge is -2.28. The van der Waals surface area contributed by atoms with Gasteiger partial charge in [0.1, 0.15) is 11.5 Å². The van der Waals surface area contributed by atoms with Gasteiger partial charge in [0.25, 0.3) is 5.91 Å². The van der Waals surface area contributed by atoms with E-state index in [0.29, 0.717) is 40.3 Å². The second-order valence-corrected chi connectivity index (χ2v) is 8.85. The average Bonchev–Trinajstić information content (AvgIpc) is 3.28. The minimum absolute atomic E-state index is 0.198. The molecule has 0 fully saturated rings. The van der Waals surface area contributed by atoms with Gasteiger partial charge in [-0.3, -0.25) is 19.1 Å². The Kier molecular flexibility index (Phi) is 5.20. The van der Waals surface area contributed by atoms with Crippen LogP contribution in [0.15, 0.2) is 40.8 Å². The summed E-state index contributed by atoms with van der Waals surface area (Å²) < 4.78 is 12.7. The summed E-state index contributed by atoms with van der Waals surface area (Å²) in [7, 11) is 0. The van der Waals surface area contributed by atoms with Crippen LogP contribution in [-0.4, -0.2) is 39.6 Å². The van der Waals surface area contributed by atoms with Crippen molar-refractivity contribution in [3.8, 4) is 11.3 Å². The monoisotopic (exact) mass is 444 g/mol. The van der Waals surface area contributed by atoms with Crippen LogP contribution in [0.25, 0.3) is 22.4 Å². The van der Waals surface area contributed by atoms with Crippen LogP contribution in [0.5, 0.6) is 0 Å². The van der Waals surface area contributed by atoms with E-state index in [1.165, 1.54) is 4.90 Å². The number of benzene rings is 1. The van der Waals surface area contributed by atoms with Crippen molar-refractivity contribution in [2.45, 2.75) is 27.2 Å². The number of aromatic nitrogens is 1. The van der Waals surface area contributed by atoms with Gasteiger partial charge in [-0.2, -0.15) is 0 Å². The summed E-state index contributed by atoms with van der Waals surface area (Å²) in [4.78, 5) is 26.5. The maximum atomic E-state index is 13.0. The number of amides is 1. The minimum Gasteiger partial charge on any atom is -0.466 e. The van der Waals surface area contributed by atoms with Gasteiger partial charge in [-0.05, 0) is 48.8 Å². The number of halogens is 1. The number of esters is 1. The lowest BCUT2D eigenvalue weighted by molar-refractivity contribution is -0.145. The second kappa shape index (κ2) is 7.56. The summed E-state index contributed by atoms with van der Waals surface area (Å²) in [6.07, 6.45) is 0.198. The molecule has 0 spiro atoms. The molecule has 4 rings (SSSR count). The zero-order valence-electron chi connectivity index (χ0n) is 16.9. The van der Waals surface area contributed by atoms with Crippen molar-refractivity contribution < 1.29 is 18.7 Å². The molecule has 30 heavy (non-hydrogen) atoms. The molecule has 0 bridgehead atoms. The number of nitrogens with zero attached hydrogens (tertiary/aromatic N) is 2. The number of carbonyl (C=O) groups is 2. The van der Waals surface area contributed by atoms with Crippen LogP contribution in [0.2, 0.25) is 5.02 Å². The first kappa shape index (κ1) is 20.6. The molecule has 3 heterocycles. The van der Waals surface area contributed by atoms with E-state index in [0.717, 1.165) is 11.1 Å². The zero-order valence-corrected chi connectivity index (χ0v) is 18.5. The third-order valence-electron chi connectivity index (χ3n) is 5.02. The molecular formula is C22H21ClN2O4S. The average molecular weight is 445 g/mol. The van der Waals surface area contributed by atoms with Crippen molar-refractivity contribution in [3.63, 3.8) is 0 Å². The zero-order chi connectivity index (χ0) is 21.6. The molecular weight excluding hydrogens is 424 g/mol. The second-order valence-electron chi connectivity index (χ2n) is 8.05. The highest BCUT2D eigenvalue weighted by molar-refractivity contribution is 7.80. The van der Waals surface area contributed by atoms with Gasteiger partial charge < -0.3 is 9.15 Å². The first-order valence-electron chi connectivity index (χ1n) is 9.63. The molecule has 8 heteroatoms. The number of furan rings is 1. The van der Waals surface area contributed by atoms with Gasteiger partial charge in [0, 0.05) is 29.3 Å². The molecule has 0 atom stereocenters. The van der Waals surface area contributed by atoms with Gasteiger partial charge >= 0.3 is 5.97 Å². The molecule has 1 aliphatic rings. The van der Waals surface area contributed by atoms with Crippen molar-refractivity contribution in [1.29, 1.82) is 0 Å². The lowest BCUT2D eigenvalue weighted by Crippen LogP contribution is -2.40. The maximum Gasteiger partial charge on any atom is 0.306 e. The Balaban J connectivity index is 1.61. The van der Waals surface area contributed by atoms with Crippen LogP contribution in [0.3, 0.4) is 0 Å². The summed E-state index contributed by atoms with van der Waals surface area (Å²) in [6, 6.07) is 10.9. The minimum atomic E-state index is -0.486. The fourth-order valence-electron chi connectivity index (χ4n) is 3.68. The molecule has 0 aliphatic carbocycles. The van der Waals surface area contributed by atoms with Crippen LogP contribution >= 0.6 is 23.8 Å². The molecule has 3 aromatic rings. The van der Waals surface area contributed by atoms with Crippen LogP contribution in [0.4, 0.5) is 0 Å². The van der Waals surface area contributed by atoms with Gasteiger partial charge in [0.15, 0.2) is 10.7 Å². The number of fused-ring (bicyclic) bond motifs is 3. The van der Waals surface area contributed by atoms with Crippen molar-refractivity contribution in [2.24, 2.45) is 5.41 Å². The first-order chi connectivity index (χ1) is 14.2. The molecule has 1 aliphatic heterocycles. The Morgan fingerprint density at radius 2 is 1.93 bits per heavy atom. The van der Waals surface area contributed by atoms with Crippen LogP contribution < -0.4 is 0 Å². The quantitative estimate of drug-likeness (QED) is 0.390. The molecule has 6 nitrogen and oxygen atoms in total. The highest BCUT2D eigenvalue weighted by Crippen LogP contribution is 2.35. The summed E-state index contributed by atoms with van der Waals surface area (Å²) in [6.45, 7) is 6.25. The predicted octanol–water partition coefficient (Wildman–Crippen LogP) is 5.12. The van der Waals surface area contributed by atoms with E-state index < -0.39 is 5.41 Å². The highest BCUT2D eigenvalue weighted by atomic mass is 35.5. The fourth-order valence-corrected chi connectivity index (χ4v) is 4.15. The lowest BCUT2D eigenvalue weighted by atomic mass is 9.88. The van der Waals surface area contributed by atoms with Crippen LogP contribution in [0, 0.1) is 5.41 Å². The van der Waals surface area contributed by atoms with E-state index in [4.69, 9.17) is 33.0 Å². The third-order valence-corrected chi connectivity index (χ3v) is 5.67. The van der Waals surface area contributed by atoms with E-state index in [2.05, 4.69) is 0 Å². The van der Waals surface area contributed by atoms with Gasteiger partial charge in [0.2, 0.25) is 0 Å². The van der Waals surface area contributed by atoms with Crippen LogP contribution in [0.1, 0.15) is 37.7 Å². The van der Waals surface area contributed by atoms with E-state index in [1.807, 2.05) is 32.0 Å². The van der Waals surface area contributed by atoms with Gasteiger partial charge in [0.05, 0.1) is 18.5 Å². The number of ether oxygens (including phenoxy) is 1. The normalized spacial score (nSPS) is 13.9. The van der Waals surface area contributed by atoms with Crippen molar-refractivity contribution in [2.75, 3.05) is 13.2 Å². The Hall–Kier alpha value is -2.64. The van der Waals surface area contributed by atoms with E-state index >= 15 is 0 Å². The molecule has 0 saturated carbocycles. The first-order valence-corrected chi connectivity index (χ1v) is 10.4. The topological polar surface area (TPSA) is 64.7 Å². The Bertz CT molecular complexity index is 1160. The Morgan fingerprint density at radius 3 is 2.60 bits per heavy atom. The largest absolute Gasteiger partial charge is 0.466 e. The third kappa shape index (κ3) is 3.63. The van der Waals surface area contributed by atoms with Gasteiger partial charge in [-0.25, -0.2) is 0 Å². The number of carbonyl (C=O) groups excluding carboxylic acids is 2. The number of thiocarbonyl (C=S) groups is 1. The smallest absolute Gasteiger partial charge is 0.306 e. The highest BCUT2D eigenvalue weighted by Gasteiger charge is 2.39. The molecule has 156 valence electrons. The molecule has 1 aromatic carbocycles. The van der Waals surface area contributed by atoms with Gasteiger partial charge in [-0.1, -0.05) is 25.4 Å². The Morgan fingerprint density at radius 1 is 1.23 bits per heavy atom. The number of rotatable bonds is 6. The number of hydrogen-bond acceptors (Lipinski definition) is 5. The molecule has 0 unspecified atom stereocenters. The summed E-state index contributed by atoms with van der Waals surface area (Å²) in [5.74, 6) is 0.184. The molecule has 0 radical (unpaired) electrons. The summed E-state index contributed by atoms with van der Waals surface area (Å²) in [5, 5.41) is 1.03. The van der Waals surface area contributed by atoms with E-state index in [-0.39, 0.29) is 18.3 Å². The molecule has 0 N–H and O–H groups in total. The predicted molar refractivity (Wildman–Crippen MR) is 119 cm³/mol. The molecule has 2 aromatic heterocycles. The van der Waals surface area contributed by atoms with E-state index in [9.17, 15) is 9.59 Å². The van der Waals surface area contributed by atoms with E-state index in [1.54, 1.807) is 29.7 Å². The Labute approximate surface area is 184 Å². The molecule has 1 amide bonds. The van der Waals surface area contributed by atoms with Crippen LogP contribution in [-0.2, 0) is 9.53 Å². The summed E-state index contributed by atoms with van der Waals surface area (Å²) >= 11 is 11.6. The fraction of sp³-hybridized carbons (Fsp3) is 0.318.